The van der Waals surface area contributed by atoms with Crippen LogP contribution < -0.4 is 5.73 Å². The second-order valence-electron chi connectivity index (χ2n) is 4.68. The highest BCUT2D eigenvalue weighted by molar-refractivity contribution is 5.80. The van der Waals surface area contributed by atoms with E-state index in [0.717, 1.165) is 6.54 Å². The van der Waals surface area contributed by atoms with Gasteiger partial charge < -0.3 is 15.4 Å². The molecule has 4 nitrogen and oxygen atoms in total. The molecule has 0 heterocycles. The molecule has 0 bridgehead atoms. The zero-order valence-corrected chi connectivity index (χ0v) is 10.4. The summed E-state index contributed by atoms with van der Waals surface area (Å²) < 4.78 is 5.06. The monoisotopic (exact) mass is 228 g/mol. The summed E-state index contributed by atoms with van der Waals surface area (Å²) in [4.78, 5) is 13.7. The lowest BCUT2D eigenvalue weighted by Crippen LogP contribution is -2.43. The summed E-state index contributed by atoms with van der Waals surface area (Å²) in [6.45, 7) is 1.10. The number of nitrogens with two attached hydrogens (primary N) is 1. The van der Waals surface area contributed by atoms with Gasteiger partial charge in [0.15, 0.2) is 0 Å². The fraction of sp³-hybridized carbons (Fsp3) is 0.917. The molecule has 2 N–H and O–H groups in total. The molecule has 1 aliphatic carbocycles. The van der Waals surface area contributed by atoms with E-state index in [1.165, 1.54) is 39.2 Å². The van der Waals surface area contributed by atoms with Gasteiger partial charge in [-0.05, 0) is 18.8 Å². The molecule has 1 unspecified atom stereocenters. The Morgan fingerprint density at radius 1 is 1.44 bits per heavy atom. The minimum absolute atomic E-state index is 0.00979. The molecule has 4 heteroatoms. The molecule has 0 aromatic rings. The smallest absolute Gasteiger partial charge is 0.252 e. The highest BCUT2D eigenvalue weighted by Crippen LogP contribution is 2.24. The van der Waals surface area contributed by atoms with E-state index in [9.17, 15) is 4.79 Å². The summed E-state index contributed by atoms with van der Waals surface area (Å²) in [6, 6.07) is 0. The topological polar surface area (TPSA) is 55.6 Å². The van der Waals surface area contributed by atoms with Gasteiger partial charge in [0.25, 0.3) is 5.91 Å². The van der Waals surface area contributed by atoms with Gasteiger partial charge in [0.1, 0.15) is 6.10 Å². The van der Waals surface area contributed by atoms with Crippen molar-refractivity contribution in [1.29, 1.82) is 0 Å². The van der Waals surface area contributed by atoms with Gasteiger partial charge in [0, 0.05) is 27.2 Å². The van der Waals surface area contributed by atoms with E-state index in [1.54, 1.807) is 4.90 Å². The Balaban J connectivity index is 2.37. The van der Waals surface area contributed by atoms with Gasteiger partial charge in [-0.15, -0.1) is 0 Å². The summed E-state index contributed by atoms with van der Waals surface area (Å²) in [7, 11) is 3.38. The van der Waals surface area contributed by atoms with Crippen LogP contribution in [0.4, 0.5) is 0 Å². The first-order valence-corrected chi connectivity index (χ1v) is 6.17. The molecule has 1 fully saturated rings. The first-order valence-electron chi connectivity index (χ1n) is 6.17. The number of likely N-dealkylation sites (N-methyl/N-ethyl adjacent to an activating group) is 1. The number of methoxy groups -OCH3 is 1. The van der Waals surface area contributed by atoms with Crippen LogP contribution in [0.25, 0.3) is 0 Å². The van der Waals surface area contributed by atoms with Crippen molar-refractivity contribution in [2.24, 2.45) is 11.7 Å². The molecule has 0 aromatic carbocycles. The number of nitrogens with zero attached hydrogens (tertiary/aromatic N) is 1. The molecule has 0 spiro atoms. The number of amides is 1. The van der Waals surface area contributed by atoms with Crippen LogP contribution in [0, 0.1) is 5.92 Å². The van der Waals surface area contributed by atoms with Crippen molar-refractivity contribution in [2.75, 3.05) is 27.2 Å². The van der Waals surface area contributed by atoms with E-state index < -0.39 is 6.10 Å². The van der Waals surface area contributed by atoms with Gasteiger partial charge in [-0.2, -0.15) is 0 Å². The molecule has 94 valence electrons. The van der Waals surface area contributed by atoms with Gasteiger partial charge in [0.05, 0.1) is 0 Å². The third kappa shape index (κ3) is 3.76. The third-order valence-electron chi connectivity index (χ3n) is 3.41. The van der Waals surface area contributed by atoms with E-state index in [0.29, 0.717) is 5.92 Å². The van der Waals surface area contributed by atoms with Crippen molar-refractivity contribution in [3.63, 3.8) is 0 Å². The van der Waals surface area contributed by atoms with Crippen LogP contribution in [-0.4, -0.2) is 44.2 Å². The van der Waals surface area contributed by atoms with Crippen molar-refractivity contribution >= 4 is 5.91 Å². The van der Waals surface area contributed by atoms with Crippen LogP contribution in [0.1, 0.15) is 32.1 Å². The highest BCUT2D eigenvalue weighted by atomic mass is 16.5. The zero-order chi connectivity index (χ0) is 12.0. The molecule has 1 aliphatic rings. The molecular formula is C12H24N2O2. The number of rotatable bonds is 5. The largest absolute Gasteiger partial charge is 0.370 e. The van der Waals surface area contributed by atoms with Gasteiger partial charge in [-0.1, -0.05) is 19.3 Å². The van der Waals surface area contributed by atoms with Gasteiger partial charge >= 0.3 is 0 Å². The minimum atomic E-state index is -0.478. The van der Waals surface area contributed by atoms with Gasteiger partial charge in [-0.25, -0.2) is 0 Å². The average molecular weight is 228 g/mol. The van der Waals surface area contributed by atoms with Gasteiger partial charge in [-0.3, -0.25) is 4.79 Å². The normalized spacial score (nSPS) is 19.4. The second-order valence-corrected chi connectivity index (χ2v) is 4.68. The van der Waals surface area contributed by atoms with E-state index in [2.05, 4.69) is 0 Å². The van der Waals surface area contributed by atoms with Crippen LogP contribution in [-0.2, 0) is 9.53 Å². The minimum Gasteiger partial charge on any atom is -0.370 e. The van der Waals surface area contributed by atoms with E-state index in [-0.39, 0.29) is 12.5 Å². The highest BCUT2D eigenvalue weighted by Gasteiger charge is 2.23. The van der Waals surface area contributed by atoms with Crippen molar-refractivity contribution in [3.05, 3.63) is 0 Å². The third-order valence-corrected chi connectivity index (χ3v) is 3.41. The van der Waals surface area contributed by atoms with Crippen molar-refractivity contribution in [2.45, 2.75) is 38.2 Å². The number of carbonyl (C=O) groups is 1. The van der Waals surface area contributed by atoms with Gasteiger partial charge in [0.2, 0.25) is 0 Å². The second kappa shape index (κ2) is 6.86. The lowest BCUT2D eigenvalue weighted by atomic mass is 9.89. The molecule has 0 aliphatic heterocycles. The maximum Gasteiger partial charge on any atom is 0.252 e. The summed E-state index contributed by atoms with van der Waals surface area (Å²) in [5, 5.41) is 0. The Bertz CT molecular complexity index is 211. The molecule has 16 heavy (non-hydrogen) atoms. The summed E-state index contributed by atoms with van der Waals surface area (Å²) in [6.07, 6.45) is 5.97. The fourth-order valence-electron chi connectivity index (χ4n) is 2.39. The Labute approximate surface area is 98.1 Å². The van der Waals surface area contributed by atoms with Crippen LogP contribution in [0.3, 0.4) is 0 Å². The number of hydrogen-bond acceptors (Lipinski definition) is 3. The lowest BCUT2D eigenvalue weighted by Gasteiger charge is -2.28. The van der Waals surface area contributed by atoms with Crippen LogP contribution in [0.15, 0.2) is 0 Å². The van der Waals surface area contributed by atoms with E-state index in [4.69, 9.17) is 10.5 Å². The van der Waals surface area contributed by atoms with Crippen molar-refractivity contribution in [1.82, 2.24) is 4.90 Å². The molecule has 0 saturated heterocycles. The number of ether oxygens (including phenoxy) is 1. The SMILES string of the molecule is COC(CN)C(=O)N(C)CC1CCCCC1. The standard InChI is InChI=1S/C12H24N2O2/c1-14(12(15)11(8-13)16-2)9-10-6-4-3-5-7-10/h10-11H,3-9,13H2,1-2H3. The van der Waals surface area contributed by atoms with Crippen LogP contribution in [0.2, 0.25) is 0 Å². The first-order chi connectivity index (χ1) is 7.69. The van der Waals surface area contributed by atoms with Crippen LogP contribution in [0.5, 0.6) is 0 Å². The fourth-order valence-corrected chi connectivity index (χ4v) is 2.39. The quantitative estimate of drug-likeness (QED) is 0.763. The molecule has 1 amide bonds. The Morgan fingerprint density at radius 2 is 2.06 bits per heavy atom. The average Bonchev–Trinajstić information content (AvgIpc) is 2.31. The Hall–Kier alpha value is -0.610. The summed E-state index contributed by atoms with van der Waals surface area (Å²) in [5.74, 6) is 0.675. The maximum atomic E-state index is 11.9. The Kier molecular flexibility index (Phi) is 5.77. The molecule has 1 saturated carbocycles. The molecule has 1 atom stereocenters. The Morgan fingerprint density at radius 3 is 2.56 bits per heavy atom. The molecular weight excluding hydrogens is 204 g/mol. The van der Waals surface area contributed by atoms with E-state index >= 15 is 0 Å². The number of hydrogen-bond donors (Lipinski definition) is 1. The maximum absolute atomic E-state index is 11.9. The molecule has 0 radical (unpaired) electrons. The lowest BCUT2D eigenvalue weighted by molar-refractivity contribution is -0.140. The van der Waals surface area contributed by atoms with Crippen LogP contribution >= 0.6 is 0 Å². The summed E-state index contributed by atoms with van der Waals surface area (Å²) in [5.41, 5.74) is 5.48. The molecule has 1 rings (SSSR count). The number of carbonyl (C=O) groups excluding carboxylic acids is 1. The first kappa shape index (κ1) is 13.5. The molecule has 0 aromatic heterocycles. The predicted molar refractivity (Wildman–Crippen MR) is 64.1 cm³/mol. The van der Waals surface area contributed by atoms with Crippen molar-refractivity contribution in [3.8, 4) is 0 Å². The van der Waals surface area contributed by atoms with E-state index in [1.807, 2.05) is 7.05 Å². The van der Waals surface area contributed by atoms with Crippen molar-refractivity contribution < 1.29 is 9.53 Å². The zero-order valence-electron chi connectivity index (χ0n) is 10.4. The predicted octanol–water partition coefficient (Wildman–Crippen LogP) is 0.999. The summed E-state index contributed by atoms with van der Waals surface area (Å²) >= 11 is 0.